The molecule has 212 valence electrons. The fourth-order valence-electron chi connectivity index (χ4n) is 3.79. The van der Waals surface area contributed by atoms with E-state index in [9.17, 15) is 37.9 Å². The molecule has 2 aliphatic heterocycles. The maximum absolute atomic E-state index is 13.7. The third kappa shape index (κ3) is 9.05. The number of likely N-dealkylation sites (N-methyl/N-ethyl adjacent to an activating group) is 1. The maximum Gasteiger partial charge on any atom is 0.289 e. The van der Waals surface area contributed by atoms with Gasteiger partial charge in [-0.05, 0) is 31.2 Å². The molecule has 0 bridgehead atoms. The lowest BCUT2D eigenvalue weighted by molar-refractivity contribution is -0.144. The summed E-state index contributed by atoms with van der Waals surface area (Å²) in [4.78, 5) is 57.9. The van der Waals surface area contributed by atoms with Gasteiger partial charge in [0.05, 0.1) is 26.2 Å². The molecule has 4 N–H and O–H groups in total. The Morgan fingerprint density at radius 2 is 1.95 bits per heavy atom. The van der Waals surface area contributed by atoms with Gasteiger partial charge in [-0.25, -0.2) is 8.78 Å². The van der Waals surface area contributed by atoms with Gasteiger partial charge in [-0.2, -0.15) is 0 Å². The number of ether oxygens (including phenoxy) is 1. The van der Waals surface area contributed by atoms with E-state index in [1.54, 1.807) is 6.07 Å². The number of benzene rings is 1. The number of hydrogen-bond donors (Lipinski definition) is 4. The van der Waals surface area contributed by atoms with Crippen molar-refractivity contribution in [2.75, 3.05) is 27.2 Å². The number of carbonyl (C=O) groups excluding carboxylic acids is 5. The Bertz CT molecular complexity index is 1010. The highest BCUT2D eigenvalue weighted by atomic mass is 19.3. The summed E-state index contributed by atoms with van der Waals surface area (Å²) in [6.07, 6.45) is 0.543. The zero-order valence-electron chi connectivity index (χ0n) is 22.2. The monoisotopic (exact) mass is 542 g/mol. The quantitative estimate of drug-likeness (QED) is 0.278. The minimum atomic E-state index is -3.23. The number of carbonyl (C=O) groups is 5. The van der Waals surface area contributed by atoms with Gasteiger partial charge in [-0.1, -0.05) is 26.8 Å². The van der Waals surface area contributed by atoms with Gasteiger partial charge in [0.15, 0.2) is 11.5 Å². The first-order chi connectivity index (χ1) is 17.9. The van der Waals surface area contributed by atoms with E-state index in [0.29, 0.717) is 12.0 Å². The first-order valence-corrected chi connectivity index (χ1v) is 12.2. The number of nitrogens with one attached hydrogen (secondary N) is 3. The molecule has 1 aromatic rings. The number of methoxy groups -OCH3 is 1. The Kier molecular flexibility index (Phi) is 12.8. The average Bonchev–Trinajstić information content (AvgIpc) is 3.41. The highest BCUT2D eigenvalue weighted by Crippen LogP contribution is 2.32. The summed E-state index contributed by atoms with van der Waals surface area (Å²) in [5, 5.41) is 17.1. The molecule has 3 amide bonds. The molecule has 2 aliphatic rings. The summed E-state index contributed by atoms with van der Waals surface area (Å²) in [5.74, 6) is -5.98. The molecule has 2 saturated heterocycles. The van der Waals surface area contributed by atoms with Crippen molar-refractivity contribution in [3.05, 3.63) is 23.8 Å². The highest BCUT2D eigenvalue weighted by Gasteiger charge is 2.50. The van der Waals surface area contributed by atoms with Crippen molar-refractivity contribution >= 4 is 29.8 Å². The number of likely N-dealkylation sites (tertiary alicyclic amines) is 1. The lowest BCUT2D eigenvalue weighted by Gasteiger charge is -2.22. The van der Waals surface area contributed by atoms with Crippen LogP contribution in [0.25, 0.3) is 0 Å². The van der Waals surface area contributed by atoms with Gasteiger partial charge in [0.2, 0.25) is 17.6 Å². The first kappa shape index (κ1) is 32.4. The fraction of sp³-hybridized carbons (Fsp3) is 0.560. The van der Waals surface area contributed by atoms with Crippen LogP contribution in [-0.2, 0) is 30.5 Å². The smallest absolute Gasteiger partial charge is 0.289 e. The number of aldehydes is 1. The summed E-state index contributed by atoms with van der Waals surface area (Å²) in [7, 11) is 2.85. The van der Waals surface area contributed by atoms with Crippen LogP contribution < -0.4 is 20.7 Å². The number of alkyl halides is 2. The Morgan fingerprint density at radius 1 is 1.29 bits per heavy atom. The van der Waals surface area contributed by atoms with E-state index in [1.165, 1.54) is 26.3 Å². The third-order valence-corrected chi connectivity index (χ3v) is 5.69. The molecule has 1 aromatic carbocycles. The van der Waals surface area contributed by atoms with Crippen molar-refractivity contribution in [3.63, 3.8) is 0 Å². The van der Waals surface area contributed by atoms with Crippen molar-refractivity contribution in [1.82, 2.24) is 20.9 Å². The SMILES string of the molecule is CC.CNCC(=O)N1CC(F)(F)CC1C(=O)C(=O)NCc1ccc(OC)c(O)c1.C[C@@H]1CC(C=O)NC1=O. The Labute approximate surface area is 220 Å². The van der Waals surface area contributed by atoms with Crippen LogP contribution in [0, 0.1) is 5.92 Å². The molecule has 0 aromatic heterocycles. The molecule has 0 saturated carbocycles. The van der Waals surface area contributed by atoms with E-state index >= 15 is 0 Å². The van der Waals surface area contributed by atoms with E-state index in [-0.39, 0.29) is 42.5 Å². The minimum Gasteiger partial charge on any atom is -0.504 e. The standard InChI is InChI=1S/C17H21F2N3O5.C6H9NO2.C2H6/c1-20-8-14(24)22-9-17(18,19)6-11(22)15(25)16(26)21-7-10-3-4-13(27-2)12(23)5-10;1-4-2-5(3-8)7-6(4)9;1-2/h3-5,11,20,23H,6-9H2,1-2H3,(H,21,26);3-5H,2H2,1H3,(H,7,9);1-2H3/t;4-,5?;/m.1./s1. The third-order valence-electron chi connectivity index (χ3n) is 5.69. The van der Waals surface area contributed by atoms with Crippen LogP contribution in [0.3, 0.4) is 0 Å². The predicted octanol–water partition coefficient (Wildman–Crippen LogP) is 0.778. The molecule has 3 rings (SSSR count). The molecule has 2 heterocycles. The topological polar surface area (TPSA) is 154 Å². The van der Waals surface area contributed by atoms with Crippen molar-refractivity contribution in [2.45, 2.75) is 58.2 Å². The van der Waals surface area contributed by atoms with Gasteiger partial charge in [-0.15, -0.1) is 0 Å². The number of amides is 3. The zero-order valence-corrected chi connectivity index (χ0v) is 22.2. The summed E-state index contributed by atoms with van der Waals surface area (Å²) in [6.45, 7) is 4.60. The second-order valence-corrected chi connectivity index (χ2v) is 8.57. The van der Waals surface area contributed by atoms with Crippen LogP contribution in [0.2, 0.25) is 0 Å². The van der Waals surface area contributed by atoms with Crippen molar-refractivity contribution < 1.29 is 42.6 Å². The molecular formula is C25H36F2N4O7. The molecular weight excluding hydrogens is 506 g/mol. The molecule has 38 heavy (non-hydrogen) atoms. The number of hydrogen-bond acceptors (Lipinski definition) is 8. The fourth-order valence-corrected chi connectivity index (χ4v) is 3.79. The molecule has 3 atom stereocenters. The van der Waals surface area contributed by atoms with Crippen molar-refractivity contribution in [1.29, 1.82) is 0 Å². The van der Waals surface area contributed by atoms with Crippen LogP contribution in [0.1, 0.15) is 39.2 Å². The van der Waals surface area contributed by atoms with Gasteiger partial charge in [0, 0.05) is 18.9 Å². The van der Waals surface area contributed by atoms with Crippen molar-refractivity contribution in [2.24, 2.45) is 5.92 Å². The van der Waals surface area contributed by atoms with E-state index in [2.05, 4.69) is 16.0 Å². The van der Waals surface area contributed by atoms with Gasteiger partial charge >= 0.3 is 0 Å². The Balaban J connectivity index is 0.000000548. The highest BCUT2D eigenvalue weighted by molar-refractivity contribution is 6.38. The maximum atomic E-state index is 13.7. The molecule has 0 aliphatic carbocycles. The molecule has 11 nitrogen and oxygen atoms in total. The predicted molar refractivity (Wildman–Crippen MR) is 134 cm³/mol. The van der Waals surface area contributed by atoms with Crippen LogP contribution in [0.5, 0.6) is 11.5 Å². The van der Waals surface area contributed by atoms with Crippen LogP contribution in [0.4, 0.5) is 8.78 Å². The number of rotatable bonds is 8. The summed E-state index contributed by atoms with van der Waals surface area (Å²) in [6, 6.07) is 2.65. The molecule has 2 unspecified atom stereocenters. The summed E-state index contributed by atoms with van der Waals surface area (Å²) < 4.78 is 32.3. The number of aromatic hydroxyl groups is 1. The number of nitrogens with zero attached hydrogens (tertiary/aromatic N) is 1. The van der Waals surface area contributed by atoms with Gasteiger partial charge in [0.1, 0.15) is 12.3 Å². The molecule has 0 spiro atoms. The molecule has 2 fully saturated rings. The second kappa shape index (κ2) is 15.0. The number of ketones is 1. The van der Waals surface area contributed by atoms with Gasteiger partial charge in [-0.3, -0.25) is 19.2 Å². The Hall–Kier alpha value is -3.61. The Morgan fingerprint density at radius 3 is 2.42 bits per heavy atom. The number of phenolic OH excluding ortho intramolecular Hbond substituents is 1. The van der Waals surface area contributed by atoms with E-state index in [1.807, 2.05) is 20.8 Å². The second-order valence-electron chi connectivity index (χ2n) is 8.57. The van der Waals surface area contributed by atoms with E-state index in [0.717, 1.165) is 11.2 Å². The van der Waals surface area contributed by atoms with Crippen LogP contribution >= 0.6 is 0 Å². The average molecular weight is 543 g/mol. The normalized spacial score (nSPS) is 21.2. The van der Waals surface area contributed by atoms with Crippen molar-refractivity contribution in [3.8, 4) is 11.5 Å². The molecule has 0 radical (unpaired) electrons. The summed E-state index contributed by atoms with van der Waals surface area (Å²) in [5.41, 5.74) is 0.481. The van der Waals surface area contributed by atoms with Crippen LogP contribution in [-0.4, -0.2) is 85.1 Å². The lowest BCUT2D eigenvalue weighted by atomic mass is 10.1. The first-order valence-electron chi connectivity index (χ1n) is 12.2. The number of phenols is 1. The van der Waals surface area contributed by atoms with E-state index < -0.39 is 42.5 Å². The van der Waals surface area contributed by atoms with Gasteiger partial charge in [0.25, 0.3) is 11.8 Å². The van der Waals surface area contributed by atoms with E-state index in [4.69, 9.17) is 4.74 Å². The number of halogens is 2. The van der Waals surface area contributed by atoms with Crippen LogP contribution in [0.15, 0.2) is 18.2 Å². The zero-order chi connectivity index (χ0) is 29.0. The number of Topliss-reactive ketones (excluding diaryl/α,β-unsaturated/α-hetero) is 1. The largest absolute Gasteiger partial charge is 0.504 e. The summed E-state index contributed by atoms with van der Waals surface area (Å²) >= 11 is 0. The molecule has 13 heteroatoms. The van der Waals surface area contributed by atoms with Gasteiger partial charge < -0.3 is 35.5 Å². The minimum absolute atomic E-state index is 0.00731. The lowest BCUT2D eigenvalue weighted by Crippen LogP contribution is -2.48.